The molecule has 1 fully saturated rings. The molecule has 1 saturated heterocycles. The van der Waals surface area contributed by atoms with Gasteiger partial charge in [0.1, 0.15) is 11.3 Å². The molecular weight excluding hydrogens is 507 g/mol. The third kappa shape index (κ3) is 6.74. The first-order chi connectivity index (χ1) is 18.1. The van der Waals surface area contributed by atoms with Gasteiger partial charge in [-0.25, -0.2) is 4.68 Å². The van der Waals surface area contributed by atoms with Crippen molar-refractivity contribution in [3.05, 3.63) is 63.9 Å². The van der Waals surface area contributed by atoms with Gasteiger partial charge in [0.25, 0.3) is 5.56 Å². The Balaban J connectivity index is 1.38. The normalized spacial score (nSPS) is 16.8. The van der Waals surface area contributed by atoms with E-state index in [1.54, 1.807) is 24.3 Å². The lowest BCUT2D eigenvalue weighted by atomic mass is 9.95. The molecule has 3 aromatic rings. The third-order valence-corrected chi connectivity index (χ3v) is 6.44. The molecular formula is C26H26F3N3O6. The topological polar surface area (TPSA) is 121 Å². The van der Waals surface area contributed by atoms with Crippen molar-refractivity contribution >= 4 is 22.7 Å². The number of aryl methyl sites for hydroxylation is 1. The number of ketones is 1. The Kier molecular flexibility index (Phi) is 8.40. The Bertz CT molecular complexity index is 1350. The van der Waals surface area contributed by atoms with Crippen LogP contribution in [0.4, 0.5) is 13.2 Å². The van der Waals surface area contributed by atoms with Crippen LogP contribution in [0.25, 0.3) is 10.9 Å². The Morgan fingerprint density at radius 3 is 2.61 bits per heavy atom. The van der Waals surface area contributed by atoms with Crippen LogP contribution in [-0.2, 0) is 22.3 Å². The van der Waals surface area contributed by atoms with Crippen LogP contribution in [0.5, 0.6) is 5.75 Å². The van der Waals surface area contributed by atoms with Crippen molar-refractivity contribution in [3.63, 3.8) is 0 Å². The van der Waals surface area contributed by atoms with E-state index in [2.05, 4.69) is 10.3 Å². The number of halogens is 3. The summed E-state index contributed by atoms with van der Waals surface area (Å²) in [5.41, 5.74) is -1.53. The van der Waals surface area contributed by atoms with Crippen LogP contribution in [0.1, 0.15) is 41.6 Å². The first-order valence-corrected chi connectivity index (χ1v) is 12.1. The predicted molar refractivity (Wildman–Crippen MR) is 129 cm³/mol. The van der Waals surface area contributed by atoms with E-state index in [9.17, 15) is 32.7 Å². The maximum absolute atomic E-state index is 13.0. The number of alkyl halides is 3. The molecule has 0 radical (unpaired) electrons. The second kappa shape index (κ2) is 11.7. The molecule has 2 heterocycles. The van der Waals surface area contributed by atoms with E-state index in [1.807, 2.05) is 0 Å². The van der Waals surface area contributed by atoms with Crippen LogP contribution in [-0.4, -0.2) is 51.7 Å². The van der Waals surface area contributed by atoms with Crippen molar-refractivity contribution in [1.29, 1.82) is 0 Å². The van der Waals surface area contributed by atoms with Crippen molar-refractivity contribution in [2.75, 3.05) is 19.8 Å². The van der Waals surface area contributed by atoms with Crippen LogP contribution < -0.4 is 10.3 Å². The van der Waals surface area contributed by atoms with Gasteiger partial charge in [0.05, 0.1) is 30.1 Å². The van der Waals surface area contributed by atoms with Gasteiger partial charge in [0.2, 0.25) is 0 Å². The Morgan fingerprint density at radius 2 is 1.95 bits per heavy atom. The molecule has 4 rings (SSSR count). The fraction of sp³-hybridized carbons (Fsp3) is 0.423. The second-order valence-corrected chi connectivity index (χ2v) is 9.22. The Hall–Kier alpha value is -3.80. The molecule has 2 atom stereocenters. The van der Waals surface area contributed by atoms with Crippen molar-refractivity contribution in [2.45, 2.75) is 38.4 Å². The van der Waals surface area contributed by atoms with Crippen molar-refractivity contribution in [1.82, 2.24) is 15.0 Å². The summed E-state index contributed by atoms with van der Waals surface area (Å²) >= 11 is 0. The number of carbonyl (C=O) groups excluding carboxylic acids is 1. The number of carbonyl (C=O) groups is 2. The number of hydrogen-bond donors (Lipinski definition) is 1. The number of hydrogen-bond acceptors (Lipinski definition) is 7. The number of aromatic nitrogens is 3. The summed E-state index contributed by atoms with van der Waals surface area (Å²) < 4.78 is 51.1. The van der Waals surface area contributed by atoms with E-state index in [4.69, 9.17) is 9.47 Å². The zero-order valence-corrected chi connectivity index (χ0v) is 20.3. The minimum atomic E-state index is -4.64. The first kappa shape index (κ1) is 27.2. The van der Waals surface area contributed by atoms with Crippen LogP contribution in [0.15, 0.2) is 47.3 Å². The zero-order chi connectivity index (χ0) is 27.3. The van der Waals surface area contributed by atoms with E-state index in [0.29, 0.717) is 36.5 Å². The van der Waals surface area contributed by atoms with Crippen molar-refractivity contribution < 1.29 is 37.3 Å². The van der Waals surface area contributed by atoms with Crippen molar-refractivity contribution in [3.8, 4) is 5.75 Å². The second-order valence-electron chi connectivity index (χ2n) is 9.22. The quantitative estimate of drug-likeness (QED) is 0.389. The van der Waals surface area contributed by atoms with Gasteiger partial charge in [-0.2, -0.15) is 13.2 Å². The summed E-state index contributed by atoms with van der Waals surface area (Å²) in [7, 11) is 0. The van der Waals surface area contributed by atoms with Gasteiger partial charge in [0.15, 0.2) is 5.78 Å². The van der Waals surface area contributed by atoms with Gasteiger partial charge in [-0.05, 0) is 61.7 Å². The summed E-state index contributed by atoms with van der Waals surface area (Å²) in [4.78, 5) is 37.2. The molecule has 9 nitrogen and oxygen atoms in total. The minimum Gasteiger partial charge on any atom is -0.493 e. The van der Waals surface area contributed by atoms with Crippen LogP contribution >= 0.6 is 0 Å². The molecule has 0 bridgehead atoms. The SMILES string of the molecule is O=C(CC(CCn1nnc2ccc(C(F)(F)F)cc2c1=O)C(=O)O)c1ccc(OCC2CCCOC2)cc1. The van der Waals surface area contributed by atoms with Gasteiger partial charge in [-0.3, -0.25) is 14.4 Å². The third-order valence-electron chi connectivity index (χ3n) is 6.44. The summed E-state index contributed by atoms with van der Waals surface area (Å²) in [6.07, 6.45) is -3.10. The maximum Gasteiger partial charge on any atom is 0.416 e. The van der Waals surface area contributed by atoms with Gasteiger partial charge in [0, 0.05) is 31.1 Å². The van der Waals surface area contributed by atoms with E-state index < -0.39 is 35.0 Å². The number of ether oxygens (including phenoxy) is 2. The average molecular weight is 534 g/mol. The lowest BCUT2D eigenvalue weighted by Crippen LogP contribution is -2.27. The van der Waals surface area contributed by atoms with Gasteiger partial charge < -0.3 is 14.6 Å². The van der Waals surface area contributed by atoms with Gasteiger partial charge in [-0.1, -0.05) is 5.21 Å². The molecule has 1 aromatic heterocycles. The Labute approximate surface area is 215 Å². The highest BCUT2D eigenvalue weighted by molar-refractivity contribution is 5.98. The molecule has 2 unspecified atom stereocenters. The molecule has 38 heavy (non-hydrogen) atoms. The number of nitrogens with zero attached hydrogens (tertiary/aromatic N) is 3. The highest BCUT2D eigenvalue weighted by Gasteiger charge is 2.31. The Morgan fingerprint density at radius 1 is 1.18 bits per heavy atom. The van der Waals surface area contributed by atoms with Gasteiger partial charge in [-0.15, -0.1) is 5.10 Å². The summed E-state index contributed by atoms with van der Waals surface area (Å²) in [6.45, 7) is 1.68. The number of benzene rings is 2. The highest BCUT2D eigenvalue weighted by atomic mass is 19.4. The van der Waals surface area contributed by atoms with E-state index in [0.717, 1.165) is 36.3 Å². The van der Waals surface area contributed by atoms with E-state index in [1.165, 1.54) is 0 Å². The molecule has 2 aromatic carbocycles. The number of rotatable bonds is 10. The molecule has 202 valence electrons. The van der Waals surface area contributed by atoms with E-state index >= 15 is 0 Å². The largest absolute Gasteiger partial charge is 0.493 e. The molecule has 0 amide bonds. The van der Waals surface area contributed by atoms with Crippen LogP contribution in [0.2, 0.25) is 0 Å². The van der Waals surface area contributed by atoms with Gasteiger partial charge >= 0.3 is 12.1 Å². The molecule has 0 spiro atoms. The minimum absolute atomic E-state index is 0.0105. The number of carboxylic acid groups (broad SMARTS) is 1. The van der Waals surface area contributed by atoms with Crippen LogP contribution in [0, 0.1) is 11.8 Å². The van der Waals surface area contributed by atoms with Crippen molar-refractivity contribution in [2.24, 2.45) is 11.8 Å². The lowest BCUT2D eigenvalue weighted by Gasteiger charge is -2.22. The molecule has 0 saturated carbocycles. The standard InChI is InChI=1S/C26H26F3N3O6/c27-26(28,29)19-5-8-22-21(13-19)24(34)32(31-30-22)10-9-18(25(35)36)12-23(33)17-3-6-20(7-4-17)38-15-16-2-1-11-37-14-16/h3-8,13,16,18H,1-2,9-12,14-15H2,(H,35,36). The monoisotopic (exact) mass is 533 g/mol. The fourth-order valence-corrected chi connectivity index (χ4v) is 4.22. The summed E-state index contributed by atoms with van der Waals surface area (Å²) in [5, 5.41) is 16.8. The number of aliphatic carboxylic acids is 1. The first-order valence-electron chi connectivity index (χ1n) is 12.1. The molecule has 1 aliphatic rings. The molecule has 1 aliphatic heterocycles. The predicted octanol–water partition coefficient (Wildman–Crippen LogP) is 3.98. The molecule has 12 heteroatoms. The highest BCUT2D eigenvalue weighted by Crippen LogP contribution is 2.30. The zero-order valence-electron chi connectivity index (χ0n) is 20.3. The average Bonchev–Trinajstić information content (AvgIpc) is 2.90. The smallest absolute Gasteiger partial charge is 0.416 e. The lowest BCUT2D eigenvalue weighted by molar-refractivity contribution is -0.142. The molecule has 1 N–H and O–H groups in total. The fourth-order valence-electron chi connectivity index (χ4n) is 4.22. The summed E-state index contributed by atoms with van der Waals surface area (Å²) in [5.74, 6) is -1.89. The van der Waals surface area contributed by atoms with Crippen LogP contribution in [0.3, 0.4) is 0 Å². The summed E-state index contributed by atoms with van der Waals surface area (Å²) in [6, 6.07) is 8.96. The number of carboxylic acids is 1. The molecule has 0 aliphatic carbocycles. The van der Waals surface area contributed by atoms with E-state index in [-0.39, 0.29) is 30.3 Å². The number of Topliss-reactive ketones (excluding diaryl/α,β-unsaturated/α-hetero) is 1. The maximum atomic E-state index is 13.0. The number of fused-ring (bicyclic) bond motifs is 1.